The second-order valence-corrected chi connectivity index (χ2v) is 7.94. The highest BCUT2D eigenvalue weighted by Crippen LogP contribution is 2.19. The fourth-order valence-corrected chi connectivity index (χ4v) is 4.34. The van der Waals surface area contributed by atoms with Crippen molar-refractivity contribution in [3.8, 4) is 0 Å². The lowest BCUT2D eigenvalue weighted by molar-refractivity contribution is -0.126. The molecule has 2 rings (SSSR count). The van der Waals surface area contributed by atoms with Crippen molar-refractivity contribution in [2.45, 2.75) is 12.5 Å². The van der Waals surface area contributed by atoms with Gasteiger partial charge in [0.15, 0.2) is 9.84 Å². The molecule has 1 amide bonds. The first-order valence-corrected chi connectivity index (χ1v) is 8.90. The number of likely N-dealkylation sites (N-methyl/N-ethyl adjacent to an activating group) is 1. The number of hydrogen-bond acceptors (Lipinski definition) is 3. The molecule has 1 aromatic carbocycles. The molecule has 1 unspecified atom stereocenters. The van der Waals surface area contributed by atoms with Crippen LogP contribution in [-0.2, 0) is 14.6 Å². The Morgan fingerprint density at radius 2 is 2.10 bits per heavy atom. The van der Waals surface area contributed by atoms with Gasteiger partial charge in [-0.25, -0.2) is 8.42 Å². The molecule has 0 N–H and O–H groups in total. The molecule has 0 radical (unpaired) electrons. The summed E-state index contributed by atoms with van der Waals surface area (Å²) in [5.41, 5.74) is 0.910. The molecular weight excluding hydrogens is 342 g/mol. The normalized spacial score (nSPS) is 21.2. The topological polar surface area (TPSA) is 54.5 Å². The van der Waals surface area contributed by atoms with Gasteiger partial charge in [-0.05, 0) is 24.1 Å². The predicted molar refractivity (Wildman–Crippen MR) is 83.0 cm³/mol. The van der Waals surface area contributed by atoms with Gasteiger partial charge in [0, 0.05) is 23.6 Å². The Balaban J connectivity index is 2.04. The minimum Gasteiger partial charge on any atom is -0.338 e. The van der Waals surface area contributed by atoms with E-state index < -0.39 is 9.84 Å². The summed E-state index contributed by atoms with van der Waals surface area (Å²) < 4.78 is 23.8. The van der Waals surface area contributed by atoms with E-state index in [-0.39, 0.29) is 23.5 Å². The van der Waals surface area contributed by atoms with Gasteiger partial charge in [0.2, 0.25) is 5.91 Å². The van der Waals surface area contributed by atoms with Gasteiger partial charge in [-0.1, -0.05) is 34.1 Å². The van der Waals surface area contributed by atoms with Gasteiger partial charge in [-0.15, -0.1) is 0 Å². The molecule has 0 saturated carbocycles. The molecule has 20 heavy (non-hydrogen) atoms. The van der Waals surface area contributed by atoms with Crippen LogP contribution in [0.4, 0.5) is 0 Å². The summed E-state index contributed by atoms with van der Waals surface area (Å²) >= 11 is 3.41. The van der Waals surface area contributed by atoms with Crippen LogP contribution in [0, 0.1) is 0 Å². The Labute approximate surface area is 127 Å². The van der Waals surface area contributed by atoms with E-state index in [9.17, 15) is 13.2 Å². The van der Waals surface area contributed by atoms with Gasteiger partial charge >= 0.3 is 0 Å². The van der Waals surface area contributed by atoms with Crippen LogP contribution in [0.15, 0.2) is 34.8 Å². The number of rotatable bonds is 3. The van der Waals surface area contributed by atoms with Crippen LogP contribution in [0.2, 0.25) is 0 Å². The zero-order valence-corrected chi connectivity index (χ0v) is 13.5. The monoisotopic (exact) mass is 357 g/mol. The number of sulfone groups is 1. The van der Waals surface area contributed by atoms with Crippen LogP contribution in [0.3, 0.4) is 0 Å². The fraction of sp³-hybridized carbons (Fsp3) is 0.357. The quantitative estimate of drug-likeness (QED) is 0.778. The van der Waals surface area contributed by atoms with Crippen molar-refractivity contribution in [2.75, 3.05) is 18.6 Å². The molecule has 1 aromatic rings. The first kappa shape index (κ1) is 15.3. The van der Waals surface area contributed by atoms with Crippen LogP contribution in [-0.4, -0.2) is 43.8 Å². The molecule has 0 aromatic heterocycles. The van der Waals surface area contributed by atoms with Crippen molar-refractivity contribution in [1.82, 2.24) is 4.90 Å². The summed E-state index contributed by atoms with van der Waals surface area (Å²) in [7, 11) is -1.32. The number of halogens is 1. The first-order chi connectivity index (χ1) is 9.39. The number of benzene rings is 1. The second kappa shape index (κ2) is 6.10. The van der Waals surface area contributed by atoms with Crippen LogP contribution in [0.25, 0.3) is 6.08 Å². The lowest BCUT2D eigenvalue weighted by Gasteiger charge is -2.21. The summed E-state index contributed by atoms with van der Waals surface area (Å²) in [6.07, 6.45) is 3.73. The highest BCUT2D eigenvalue weighted by Gasteiger charge is 2.31. The lowest BCUT2D eigenvalue weighted by atomic mass is 10.2. The molecular formula is C14H16BrNO3S. The molecule has 1 atom stereocenters. The smallest absolute Gasteiger partial charge is 0.246 e. The molecule has 0 aliphatic carbocycles. The Bertz CT molecular complexity index is 640. The maximum absolute atomic E-state index is 12.1. The number of hydrogen-bond donors (Lipinski definition) is 0. The molecule has 108 valence electrons. The van der Waals surface area contributed by atoms with E-state index in [4.69, 9.17) is 0 Å². The lowest BCUT2D eigenvalue weighted by Crippen LogP contribution is -2.36. The SMILES string of the molecule is CN(C(=O)/C=C/c1ccccc1Br)C1CCS(=O)(=O)C1. The number of carbonyl (C=O) groups excluding carboxylic acids is 1. The zero-order chi connectivity index (χ0) is 14.8. The molecule has 1 aliphatic heterocycles. The van der Waals surface area contributed by atoms with E-state index in [0.29, 0.717) is 6.42 Å². The maximum atomic E-state index is 12.1. The van der Waals surface area contributed by atoms with E-state index in [2.05, 4.69) is 15.9 Å². The van der Waals surface area contributed by atoms with E-state index in [1.807, 2.05) is 24.3 Å². The van der Waals surface area contributed by atoms with E-state index >= 15 is 0 Å². The standard InChI is InChI=1S/C14H16BrNO3S/c1-16(12-8-9-20(18,19)10-12)14(17)7-6-11-4-2-3-5-13(11)15/h2-7,12H,8-10H2,1H3/b7-6+. The van der Waals surface area contributed by atoms with Gasteiger partial charge < -0.3 is 4.90 Å². The van der Waals surface area contributed by atoms with E-state index in [0.717, 1.165) is 10.0 Å². The third-order valence-electron chi connectivity index (χ3n) is 3.41. The molecule has 1 saturated heterocycles. The van der Waals surface area contributed by atoms with Crippen LogP contribution >= 0.6 is 15.9 Å². The fourth-order valence-electron chi connectivity index (χ4n) is 2.15. The van der Waals surface area contributed by atoms with Crippen LogP contribution < -0.4 is 0 Å². The largest absolute Gasteiger partial charge is 0.338 e. The van der Waals surface area contributed by atoms with Crippen molar-refractivity contribution in [2.24, 2.45) is 0 Å². The van der Waals surface area contributed by atoms with Crippen molar-refractivity contribution < 1.29 is 13.2 Å². The maximum Gasteiger partial charge on any atom is 0.246 e. The summed E-state index contributed by atoms with van der Waals surface area (Å²) in [4.78, 5) is 13.6. The van der Waals surface area contributed by atoms with Crippen molar-refractivity contribution in [3.05, 3.63) is 40.4 Å². The third-order valence-corrected chi connectivity index (χ3v) is 5.89. The highest BCUT2D eigenvalue weighted by atomic mass is 79.9. The second-order valence-electron chi connectivity index (χ2n) is 4.86. The Kier molecular flexibility index (Phi) is 4.65. The summed E-state index contributed by atoms with van der Waals surface area (Å²) in [6, 6.07) is 7.38. The van der Waals surface area contributed by atoms with E-state index in [1.165, 1.54) is 11.0 Å². The Hall–Kier alpha value is -1.14. The average Bonchev–Trinajstić information content (AvgIpc) is 2.77. The molecule has 6 heteroatoms. The zero-order valence-electron chi connectivity index (χ0n) is 11.1. The highest BCUT2D eigenvalue weighted by molar-refractivity contribution is 9.10. The summed E-state index contributed by atoms with van der Waals surface area (Å²) in [5, 5.41) is 0. The van der Waals surface area contributed by atoms with Crippen molar-refractivity contribution in [1.29, 1.82) is 0 Å². The Morgan fingerprint density at radius 1 is 1.40 bits per heavy atom. The summed E-state index contributed by atoms with van der Waals surface area (Å²) in [5.74, 6) is 0.0595. The van der Waals surface area contributed by atoms with Crippen LogP contribution in [0.1, 0.15) is 12.0 Å². The van der Waals surface area contributed by atoms with Crippen molar-refractivity contribution >= 4 is 37.8 Å². The number of amides is 1. The Morgan fingerprint density at radius 3 is 2.70 bits per heavy atom. The van der Waals surface area contributed by atoms with Crippen LogP contribution in [0.5, 0.6) is 0 Å². The molecule has 0 bridgehead atoms. The van der Waals surface area contributed by atoms with E-state index in [1.54, 1.807) is 13.1 Å². The molecule has 0 spiro atoms. The first-order valence-electron chi connectivity index (χ1n) is 6.29. The van der Waals surface area contributed by atoms with Gasteiger partial charge in [0.1, 0.15) is 0 Å². The molecule has 1 fully saturated rings. The van der Waals surface area contributed by atoms with Gasteiger partial charge in [0.25, 0.3) is 0 Å². The minimum atomic E-state index is -2.97. The minimum absolute atomic E-state index is 0.0676. The van der Waals surface area contributed by atoms with Gasteiger partial charge in [-0.2, -0.15) is 0 Å². The van der Waals surface area contributed by atoms with Crippen molar-refractivity contribution in [3.63, 3.8) is 0 Å². The molecule has 1 aliphatic rings. The number of carbonyl (C=O) groups is 1. The summed E-state index contributed by atoms with van der Waals surface area (Å²) in [6.45, 7) is 0. The average molecular weight is 358 g/mol. The number of nitrogens with zero attached hydrogens (tertiary/aromatic N) is 1. The molecule has 1 heterocycles. The van der Waals surface area contributed by atoms with Gasteiger partial charge in [0.05, 0.1) is 11.5 Å². The molecule has 4 nitrogen and oxygen atoms in total. The van der Waals surface area contributed by atoms with Gasteiger partial charge in [-0.3, -0.25) is 4.79 Å². The predicted octanol–water partition coefficient (Wildman–Crippen LogP) is 2.11. The third kappa shape index (κ3) is 3.70.